The molecule has 1 saturated carbocycles. The maximum Gasteiger partial charge on any atom is 0.411 e. The number of benzene rings is 1. The molecule has 0 spiro atoms. The van der Waals surface area contributed by atoms with Crippen LogP contribution in [0.5, 0.6) is 0 Å². The maximum atomic E-state index is 13.7. The number of anilines is 1. The highest BCUT2D eigenvalue weighted by molar-refractivity contribution is 5.90. The van der Waals surface area contributed by atoms with E-state index >= 15 is 0 Å². The smallest absolute Gasteiger partial charge is 0.411 e. The van der Waals surface area contributed by atoms with Gasteiger partial charge in [-0.15, -0.1) is 0 Å². The van der Waals surface area contributed by atoms with Crippen LogP contribution in [0, 0.1) is 11.6 Å². The second-order valence-corrected chi connectivity index (χ2v) is 4.49. The molecule has 0 bridgehead atoms. The lowest BCUT2D eigenvalue weighted by Gasteiger charge is -2.22. The molecule has 1 aliphatic carbocycles. The summed E-state index contributed by atoms with van der Waals surface area (Å²) in [5.41, 5.74) is -3.52. The molecular formula is C12H10F5NO2. The second kappa shape index (κ2) is 4.60. The van der Waals surface area contributed by atoms with E-state index in [4.69, 9.17) is 0 Å². The number of halogens is 5. The molecule has 1 fully saturated rings. The number of alkyl halides is 3. The Hall–Kier alpha value is -1.86. The van der Waals surface area contributed by atoms with Gasteiger partial charge in [0.25, 0.3) is 0 Å². The number of hydrogen-bond acceptors (Lipinski definition) is 3. The van der Waals surface area contributed by atoms with Crippen LogP contribution in [0.3, 0.4) is 0 Å². The monoisotopic (exact) mass is 295 g/mol. The van der Waals surface area contributed by atoms with Crippen LogP contribution in [0.2, 0.25) is 0 Å². The number of hydrogen-bond donors (Lipinski definition) is 1. The zero-order chi connectivity index (χ0) is 15.1. The summed E-state index contributed by atoms with van der Waals surface area (Å²) in [6.45, 7) is 0. The second-order valence-electron chi connectivity index (χ2n) is 4.49. The van der Waals surface area contributed by atoms with E-state index < -0.39 is 40.6 Å². The van der Waals surface area contributed by atoms with E-state index in [2.05, 4.69) is 4.74 Å². The van der Waals surface area contributed by atoms with Crippen molar-refractivity contribution in [3.8, 4) is 0 Å². The van der Waals surface area contributed by atoms with Gasteiger partial charge < -0.3 is 10.1 Å². The van der Waals surface area contributed by atoms with Crippen molar-refractivity contribution in [2.75, 3.05) is 12.4 Å². The van der Waals surface area contributed by atoms with E-state index in [0.29, 0.717) is 0 Å². The molecule has 0 radical (unpaired) electrons. The van der Waals surface area contributed by atoms with Crippen molar-refractivity contribution in [1.82, 2.24) is 0 Å². The number of nitrogens with one attached hydrogen (secondary N) is 1. The average Bonchev–Trinajstić information content (AvgIpc) is 3.15. The van der Waals surface area contributed by atoms with Gasteiger partial charge in [0.2, 0.25) is 0 Å². The number of methoxy groups -OCH3 is 1. The van der Waals surface area contributed by atoms with Gasteiger partial charge in [-0.2, -0.15) is 13.2 Å². The van der Waals surface area contributed by atoms with Crippen LogP contribution < -0.4 is 5.32 Å². The van der Waals surface area contributed by atoms with Gasteiger partial charge in [0.1, 0.15) is 5.54 Å². The number of carbonyl (C=O) groups excluding carboxylic acids is 1. The highest BCUT2D eigenvalue weighted by atomic mass is 19.4. The summed E-state index contributed by atoms with van der Waals surface area (Å²) in [4.78, 5) is 11.1. The summed E-state index contributed by atoms with van der Waals surface area (Å²) in [5.74, 6) is -4.19. The van der Waals surface area contributed by atoms with Gasteiger partial charge in [-0.1, -0.05) is 0 Å². The molecule has 1 N–H and O–H groups in total. The lowest BCUT2D eigenvalue weighted by atomic mass is 10.1. The van der Waals surface area contributed by atoms with Crippen LogP contribution >= 0.6 is 0 Å². The van der Waals surface area contributed by atoms with Gasteiger partial charge in [0.15, 0.2) is 11.6 Å². The normalized spacial score (nSPS) is 16.7. The third kappa shape index (κ3) is 2.30. The molecule has 1 aliphatic rings. The largest absolute Gasteiger partial charge is 0.465 e. The molecule has 20 heavy (non-hydrogen) atoms. The minimum Gasteiger partial charge on any atom is -0.465 e. The molecule has 110 valence electrons. The SMILES string of the molecule is COC(=O)c1ccc(NC2(C(F)(F)F)CC2)c(F)c1F. The van der Waals surface area contributed by atoms with E-state index in [1.54, 1.807) is 0 Å². The van der Waals surface area contributed by atoms with Crippen LogP contribution in [0.4, 0.5) is 27.6 Å². The topological polar surface area (TPSA) is 38.3 Å². The summed E-state index contributed by atoms with van der Waals surface area (Å²) >= 11 is 0. The maximum absolute atomic E-state index is 13.7. The van der Waals surface area contributed by atoms with Crippen molar-refractivity contribution in [1.29, 1.82) is 0 Å². The number of rotatable bonds is 3. The molecule has 3 nitrogen and oxygen atoms in total. The van der Waals surface area contributed by atoms with Crippen molar-refractivity contribution < 1.29 is 31.5 Å². The average molecular weight is 295 g/mol. The molecule has 0 aliphatic heterocycles. The Morgan fingerprint density at radius 3 is 2.30 bits per heavy atom. The predicted octanol–water partition coefficient (Wildman–Crippen LogP) is 3.26. The first-order valence-electron chi connectivity index (χ1n) is 5.63. The molecule has 8 heteroatoms. The highest BCUT2D eigenvalue weighted by Gasteiger charge is 2.63. The molecule has 0 saturated heterocycles. The van der Waals surface area contributed by atoms with Crippen molar-refractivity contribution in [3.05, 3.63) is 29.3 Å². The Bertz CT molecular complexity index is 552. The molecule has 0 heterocycles. The van der Waals surface area contributed by atoms with Crippen LogP contribution in [-0.2, 0) is 4.74 Å². The Kier molecular flexibility index (Phi) is 3.35. The quantitative estimate of drug-likeness (QED) is 0.687. The third-order valence-corrected chi connectivity index (χ3v) is 3.15. The molecule has 1 aromatic rings. The van der Waals surface area contributed by atoms with Crippen LogP contribution in [0.15, 0.2) is 12.1 Å². The highest BCUT2D eigenvalue weighted by Crippen LogP contribution is 2.51. The first kappa shape index (κ1) is 14.5. The third-order valence-electron chi connectivity index (χ3n) is 3.15. The fourth-order valence-electron chi connectivity index (χ4n) is 1.78. The van der Waals surface area contributed by atoms with E-state index in [-0.39, 0.29) is 12.8 Å². The summed E-state index contributed by atoms with van der Waals surface area (Å²) in [6.07, 6.45) is -4.98. The van der Waals surface area contributed by atoms with Gasteiger partial charge in [-0.25, -0.2) is 13.6 Å². The Morgan fingerprint density at radius 2 is 1.85 bits per heavy atom. The zero-order valence-electron chi connectivity index (χ0n) is 10.3. The van der Waals surface area contributed by atoms with Crippen molar-refractivity contribution in [3.63, 3.8) is 0 Å². The summed E-state index contributed by atoms with van der Waals surface area (Å²) < 4.78 is 69.7. The van der Waals surface area contributed by atoms with Crippen LogP contribution in [0.1, 0.15) is 23.2 Å². The van der Waals surface area contributed by atoms with Crippen molar-refractivity contribution in [2.24, 2.45) is 0 Å². The standard InChI is InChI=1S/C12H10F5NO2/c1-20-10(19)6-2-3-7(9(14)8(6)13)18-11(4-5-11)12(15,16)17/h2-3,18H,4-5H2,1H3. The lowest BCUT2D eigenvalue weighted by Crippen LogP contribution is -2.39. The summed E-state index contributed by atoms with van der Waals surface area (Å²) in [6, 6.07) is 1.76. The summed E-state index contributed by atoms with van der Waals surface area (Å²) in [5, 5.41) is 1.97. The minimum absolute atomic E-state index is 0.212. The van der Waals surface area contributed by atoms with E-state index in [0.717, 1.165) is 19.2 Å². The molecule has 0 aromatic heterocycles. The Labute approximate surface area is 110 Å². The van der Waals surface area contributed by atoms with Crippen LogP contribution in [-0.4, -0.2) is 24.8 Å². The molecular weight excluding hydrogens is 285 g/mol. The zero-order valence-corrected chi connectivity index (χ0v) is 10.3. The fourth-order valence-corrected chi connectivity index (χ4v) is 1.78. The first-order valence-corrected chi connectivity index (χ1v) is 5.63. The predicted molar refractivity (Wildman–Crippen MR) is 59.3 cm³/mol. The van der Waals surface area contributed by atoms with Gasteiger partial charge in [-0.05, 0) is 25.0 Å². The van der Waals surface area contributed by atoms with Gasteiger partial charge in [-0.3, -0.25) is 0 Å². The molecule has 2 rings (SSSR count). The number of esters is 1. The van der Waals surface area contributed by atoms with Gasteiger partial charge >= 0.3 is 12.1 Å². The van der Waals surface area contributed by atoms with E-state index in [1.165, 1.54) is 0 Å². The van der Waals surface area contributed by atoms with E-state index in [9.17, 15) is 26.7 Å². The summed E-state index contributed by atoms with van der Waals surface area (Å²) in [7, 11) is 0.981. The fraction of sp³-hybridized carbons (Fsp3) is 0.417. The molecule has 0 amide bonds. The Morgan fingerprint density at radius 1 is 1.25 bits per heavy atom. The van der Waals surface area contributed by atoms with Gasteiger partial charge in [0, 0.05) is 0 Å². The molecule has 0 atom stereocenters. The first-order chi connectivity index (χ1) is 9.22. The number of carbonyl (C=O) groups is 1. The lowest BCUT2D eigenvalue weighted by molar-refractivity contribution is -0.151. The van der Waals surface area contributed by atoms with E-state index in [1.807, 2.05) is 5.32 Å². The minimum atomic E-state index is -4.56. The molecule has 1 aromatic carbocycles. The van der Waals surface area contributed by atoms with Gasteiger partial charge in [0.05, 0.1) is 18.4 Å². The van der Waals surface area contributed by atoms with Crippen molar-refractivity contribution >= 4 is 11.7 Å². The Balaban J connectivity index is 2.32. The molecule has 0 unspecified atom stereocenters. The number of ether oxygens (including phenoxy) is 1. The van der Waals surface area contributed by atoms with Crippen molar-refractivity contribution in [2.45, 2.75) is 24.6 Å². The van der Waals surface area contributed by atoms with Crippen LogP contribution in [0.25, 0.3) is 0 Å².